The summed E-state index contributed by atoms with van der Waals surface area (Å²) in [6.07, 6.45) is -1.11. The van der Waals surface area contributed by atoms with Crippen LogP contribution in [0.5, 0.6) is 0 Å². The zero-order valence-electron chi connectivity index (χ0n) is 10.2. The summed E-state index contributed by atoms with van der Waals surface area (Å²) in [6, 6.07) is 6.26. The number of carbonyl (C=O) groups is 1. The monoisotopic (exact) mass is 287 g/mol. The molecular weight excluding hydrogens is 274 g/mol. The summed E-state index contributed by atoms with van der Waals surface area (Å²) in [7, 11) is -3.08. The van der Waals surface area contributed by atoms with Crippen molar-refractivity contribution in [1.29, 1.82) is 0 Å². The molecule has 0 heterocycles. The molecule has 0 spiro atoms. The van der Waals surface area contributed by atoms with Crippen LogP contribution in [0.15, 0.2) is 29.4 Å². The molecule has 1 rings (SSSR count). The van der Waals surface area contributed by atoms with Crippen LogP contribution in [0.25, 0.3) is 0 Å². The van der Waals surface area contributed by atoms with Crippen molar-refractivity contribution in [2.45, 2.75) is 6.92 Å². The van der Waals surface area contributed by atoms with Gasteiger partial charge in [0.25, 0.3) is 0 Å². The molecular formula is C10H13N3O5S. The van der Waals surface area contributed by atoms with Crippen LogP contribution >= 0.6 is 0 Å². The van der Waals surface area contributed by atoms with Crippen molar-refractivity contribution in [2.24, 2.45) is 5.16 Å². The van der Waals surface area contributed by atoms with Gasteiger partial charge in [-0.1, -0.05) is 23.4 Å². The number of hydrogen-bond acceptors (Lipinski definition) is 6. The van der Waals surface area contributed by atoms with E-state index in [1.54, 1.807) is 22.9 Å². The highest BCUT2D eigenvalue weighted by Gasteiger charge is 2.16. The maximum Gasteiger partial charge on any atom is 0.422 e. The van der Waals surface area contributed by atoms with Gasteiger partial charge >= 0.3 is 16.3 Å². The van der Waals surface area contributed by atoms with E-state index >= 15 is 0 Å². The maximum atomic E-state index is 11.6. The number of nitrogens with one attached hydrogen (secondary N) is 2. The Kier molecular flexibility index (Phi) is 4.70. The van der Waals surface area contributed by atoms with E-state index in [0.29, 0.717) is 5.56 Å². The summed E-state index contributed by atoms with van der Waals surface area (Å²) < 4.78 is 31.2. The lowest BCUT2D eigenvalue weighted by Gasteiger charge is -2.11. The minimum atomic E-state index is -4.12. The molecule has 0 atom stereocenters. The number of ether oxygens (including phenoxy) is 1. The third-order valence-corrected chi connectivity index (χ3v) is 3.04. The average molecular weight is 287 g/mol. The molecule has 0 aliphatic rings. The van der Waals surface area contributed by atoms with Crippen LogP contribution in [0.3, 0.4) is 0 Å². The highest BCUT2D eigenvalue weighted by Crippen LogP contribution is 2.17. The Balaban J connectivity index is 3.03. The van der Waals surface area contributed by atoms with Gasteiger partial charge in [0.2, 0.25) is 0 Å². The highest BCUT2D eigenvalue weighted by atomic mass is 32.2. The van der Waals surface area contributed by atoms with E-state index in [0.717, 1.165) is 7.11 Å². The Labute approximate surface area is 110 Å². The topological polar surface area (TPSA) is 117 Å². The molecule has 104 valence electrons. The second kappa shape index (κ2) is 6.05. The van der Waals surface area contributed by atoms with Crippen molar-refractivity contribution in [2.75, 3.05) is 11.8 Å². The number of amides is 1. The molecule has 1 aromatic rings. The van der Waals surface area contributed by atoms with Crippen LogP contribution in [-0.4, -0.2) is 32.5 Å². The Morgan fingerprint density at radius 1 is 1.37 bits per heavy atom. The van der Waals surface area contributed by atoms with Gasteiger partial charge in [-0.05, 0) is 13.0 Å². The summed E-state index contributed by atoms with van der Waals surface area (Å²) >= 11 is 0. The summed E-state index contributed by atoms with van der Waals surface area (Å²) in [5.74, 6) is 0. The van der Waals surface area contributed by atoms with E-state index in [2.05, 4.69) is 14.6 Å². The Morgan fingerprint density at radius 3 is 2.58 bits per heavy atom. The van der Waals surface area contributed by atoms with Crippen LogP contribution < -0.4 is 9.44 Å². The first-order chi connectivity index (χ1) is 8.89. The molecule has 0 saturated carbocycles. The largest absolute Gasteiger partial charge is 0.452 e. The van der Waals surface area contributed by atoms with Gasteiger partial charge < -0.3 is 9.94 Å². The number of methoxy groups -OCH3 is 1. The first-order valence-corrected chi connectivity index (χ1v) is 6.54. The first kappa shape index (κ1) is 14.8. The zero-order chi connectivity index (χ0) is 14.5. The van der Waals surface area contributed by atoms with Crippen LogP contribution in [0.4, 0.5) is 10.5 Å². The predicted octanol–water partition coefficient (Wildman–Crippen LogP) is 0.897. The molecule has 0 unspecified atom stereocenters. The number of anilines is 1. The van der Waals surface area contributed by atoms with Gasteiger partial charge in [0.05, 0.1) is 18.5 Å². The Bertz CT molecular complexity index is 597. The minimum Gasteiger partial charge on any atom is -0.452 e. The first-order valence-electron chi connectivity index (χ1n) is 5.06. The van der Waals surface area contributed by atoms with Gasteiger partial charge in [-0.25, -0.2) is 9.52 Å². The van der Waals surface area contributed by atoms with Crippen LogP contribution in [0.2, 0.25) is 0 Å². The molecule has 0 fully saturated rings. The third-order valence-electron chi connectivity index (χ3n) is 2.11. The van der Waals surface area contributed by atoms with E-state index in [-0.39, 0.29) is 11.4 Å². The van der Waals surface area contributed by atoms with E-state index in [4.69, 9.17) is 5.21 Å². The third kappa shape index (κ3) is 4.14. The molecule has 0 bridgehead atoms. The van der Waals surface area contributed by atoms with Gasteiger partial charge in [0, 0.05) is 5.56 Å². The number of hydrogen-bond donors (Lipinski definition) is 3. The average Bonchev–Trinajstić information content (AvgIpc) is 2.37. The number of para-hydroxylation sites is 1. The van der Waals surface area contributed by atoms with Gasteiger partial charge in [0.15, 0.2) is 0 Å². The van der Waals surface area contributed by atoms with E-state index in [1.165, 1.54) is 13.0 Å². The molecule has 0 aromatic heterocycles. The molecule has 0 saturated heterocycles. The van der Waals surface area contributed by atoms with E-state index < -0.39 is 16.3 Å². The van der Waals surface area contributed by atoms with Crippen molar-refractivity contribution in [3.05, 3.63) is 29.8 Å². The molecule has 3 N–H and O–H groups in total. The van der Waals surface area contributed by atoms with Gasteiger partial charge in [-0.2, -0.15) is 8.42 Å². The van der Waals surface area contributed by atoms with Crippen LogP contribution in [0.1, 0.15) is 12.5 Å². The lowest BCUT2D eigenvalue weighted by atomic mass is 10.1. The van der Waals surface area contributed by atoms with E-state index in [1.807, 2.05) is 0 Å². The minimum absolute atomic E-state index is 0.161. The standard InChI is InChI=1S/C10H13N3O5S/c1-7(11-15)8-5-3-4-6-9(8)12-19(16,17)13-10(14)18-2/h3-6,12,15H,1-2H3,(H,13,14)/b11-7+. The highest BCUT2D eigenvalue weighted by molar-refractivity contribution is 7.91. The molecule has 1 amide bonds. The number of benzene rings is 1. The van der Waals surface area contributed by atoms with Crippen molar-refractivity contribution in [1.82, 2.24) is 4.72 Å². The summed E-state index contributed by atoms with van der Waals surface area (Å²) in [5.41, 5.74) is 0.755. The number of nitrogens with zero attached hydrogens (tertiary/aromatic N) is 1. The molecule has 19 heavy (non-hydrogen) atoms. The van der Waals surface area contributed by atoms with Gasteiger partial charge in [0.1, 0.15) is 0 Å². The normalized spacial score (nSPS) is 11.8. The summed E-state index contributed by atoms with van der Waals surface area (Å²) in [5, 5.41) is 11.7. The lowest BCUT2D eigenvalue weighted by Crippen LogP contribution is -2.35. The van der Waals surface area contributed by atoms with Crippen molar-refractivity contribution in [3.8, 4) is 0 Å². The van der Waals surface area contributed by atoms with E-state index in [9.17, 15) is 13.2 Å². The molecule has 8 nitrogen and oxygen atoms in total. The van der Waals surface area contributed by atoms with Gasteiger partial charge in [-0.15, -0.1) is 0 Å². The molecule has 9 heteroatoms. The second-order valence-corrected chi connectivity index (χ2v) is 4.85. The number of rotatable bonds is 4. The quantitative estimate of drug-likeness (QED) is 0.432. The van der Waals surface area contributed by atoms with Crippen LogP contribution in [-0.2, 0) is 14.9 Å². The molecule has 1 aromatic carbocycles. The second-order valence-electron chi connectivity index (χ2n) is 3.43. The maximum absolute atomic E-state index is 11.6. The number of oxime groups is 1. The van der Waals surface area contributed by atoms with Crippen LogP contribution in [0, 0.1) is 0 Å². The predicted molar refractivity (Wildman–Crippen MR) is 68.5 cm³/mol. The zero-order valence-corrected chi connectivity index (χ0v) is 11.1. The van der Waals surface area contributed by atoms with Crippen molar-refractivity contribution >= 4 is 27.7 Å². The SMILES string of the molecule is COC(=O)NS(=O)(=O)Nc1ccccc1/C(C)=N/O. The fourth-order valence-corrected chi connectivity index (χ4v) is 2.08. The Hall–Kier alpha value is -2.29. The fraction of sp³-hybridized carbons (Fsp3) is 0.200. The molecule has 0 radical (unpaired) electrons. The summed E-state index contributed by atoms with van der Waals surface area (Å²) in [6.45, 7) is 1.50. The smallest absolute Gasteiger partial charge is 0.422 e. The van der Waals surface area contributed by atoms with Crippen molar-refractivity contribution < 1.29 is 23.2 Å². The summed E-state index contributed by atoms with van der Waals surface area (Å²) in [4.78, 5) is 10.9. The molecule has 0 aliphatic carbocycles. The lowest BCUT2D eigenvalue weighted by molar-refractivity contribution is 0.177. The number of carbonyl (C=O) groups excluding carboxylic acids is 1. The van der Waals surface area contributed by atoms with Crippen molar-refractivity contribution in [3.63, 3.8) is 0 Å². The Morgan fingerprint density at radius 2 is 2.00 bits per heavy atom. The van der Waals surface area contributed by atoms with Gasteiger partial charge in [-0.3, -0.25) is 4.72 Å². The molecule has 0 aliphatic heterocycles. The fourth-order valence-electron chi connectivity index (χ4n) is 1.26.